The molecule has 0 aliphatic carbocycles. The Bertz CT molecular complexity index is 514. The highest BCUT2D eigenvalue weighted by molar-refractivity contribution is 7.90. The molecule has 0 aliphatic rings. The molecule has 0 aliphatic heterocycles. The molecule has 96 valence electrons. The Morgan fingerprint density at radius 1 is 1.47 bits per heavy atom. The van der Waals surface area contributed by atoms with Crippen LogP contribution < -0.4 is 10.5 Å². The van der Waals surface area contributed by atoms with E-state index in [1.54, 1.807) is 6.92 Å². The van der Waals surface area contributed by atoms with Crippen LogP contribution in [0.2, 0.25) is 0 Å². The standard InChI is InChI=1S/C11H16FNO3S/c1-7(6-13)9-4-8(12)5-10(11(9)16-2)17(3,14)15/h4-5,7H,6,13H2,1-3H3. The first-order valence-electron chi connectivity index (χ1n) is 5.08. The van der Waals surface area contributed by atoms with Crippen LogP contribution >= 0.6 is 0 Å². The number of methoxy groups -OCH3 is 1. The molecule has 2 N–H and O–H groups in total. The lowest BCUT2D eigenvalue weighted by atomic mass is 10.00. The summed E-state index contributed by atoms with van der Waals surface area (Å²) in [4.78, 5) is -0.143. The van der Waals surface area contributed by atoms with Crippen LogP contribution in [0.25, 0.3) is 0 Å². The average molecular weight is 261 g/mol. The molecule has 1 aromatic carbocycles. The molecule has 1 aromatic rings. The lowest BCUT2D eigenvalue weighted by Crippen LogP contribution is -2.12. The number of rotatable bonds is 4. The van der Waals surface area contributed by atoms with Gasteiger partial charge in [0.1, 0.15) is 16.5 Å². The van der Waals surface area contributed by atoms with Gasteiger partial charge in [0.15, 0.2) is 9.84 Å². The Morgan fingerprint density at radius 3 is 2.47 bits per heavy atom. The highest BCUT2D eigenvalue weighted by atomic mass is 32.2. The van der Waals surface area contributed by atoms with Gasteiger partial charge in [-0.15, -0.1) is 0 Å². The number of sulfone groups is 1. The van der Waals surface area contributed by atoms with Gasteiger partial charge < -0.3 is 10.5 Å². The van der Waals surface area contributed by atoms with Crippen LogP contribution in [0, 0.1) is 5.82 Å². The van der Waals surface area contributed by atoms with Crippen LogP contribution in [0.4, 0.5) is 4.39 Å². The average Bonchev–Trinajstić information content (AvgIpc) is 2.25. The van der Waals surface area contributed by atoms with Crippen LogP contribution in [0.15, 0.2) is 17.0 Å². The third-order valence-electron chi connectivity index (χ3n) is 2.54. The zero-order valence-corrected chi connectivity index (χ0v) is 10.8. The molecule has 1 unspecified atom stereocenters. The Labute approximate surface area is 101 Å². The SMILES string of the molecule is COc1c(C(C)CN)cc(F)cc1S(C)(=O)=O. The Hall–Kier alpha value is -1.14. The highest BCUT2D eigenvalue weighted by Gasteiger charge is 2.21. The van der Waals surface area contributed by atoms with Crippen molar-refractivity contribution in [2.45, 2.75) is 17.7 Å². The number of hydrogen-bond donors (Lipinski definition) is 1. The van der Waals surface area contributed by atoms with E-state index in [9.17, 15) is 12.8 Å². The second-order valence-corrected chi connectivity index (χ2v) is 5.92. The van der Waals surface area contributed by atoms with Crippen molar-refractivity contribution >= 4 is 9.84 Å². The molecule has 0 aromatic heterocycles. The summed E-state index contributed by atoms with van der Waals surface area (Å²) < 4.78 is 41.6. The monoisotopic (exact) mass is 261 g/mol. The zero-order chi connectivity index (χ0) is 13.2. The molecule has 0 saturated carbocycles. The van der Waals surface area contributed by atoms with Crippen LogP contribution in [0.1, 0.15) is 18.4 Å². The summed E-state index contributed by atoms with van der Waals surface area (Å²) in [6, 6.07) is 2.21. The van der Waals surface area contributed by atoms with E-state index in [1.165, 1.54) is 13.2 Å². The zero-order valence-electron chi connectivity index (χ0n) is 10.0. The second kappa shape index (κ2) is 5.01. The molecule has 17 heavy (non-hydrogen) atoms. The van der Waals surface area contributed by atoms with Gasteiger partial charge in [-0.2, -0.15) is 0 Å². The quantitative estimate of drug-likeness (QED) is 0.887. The van der Waals surface area contributed by atoms with E-state index >= 15 is 0 Å². The van der Waals surface area contributed by atoms with Gasteiger partial charge in [0.25, 0.3) is 0 Å². The summed E-state index contributed by atoms with van der Waals surface area (Å²) in [7, 11) is -2.18. The van der Waals surface area contributed by atoms with Gasteiger partial charge >= 0.3 is 0 Å². The first-order valence-corrected chi connectivity index (χ1v) is 6.98. The summed E-state index contributed by atoms with van der Waals surface area (Å²) in [6.07, 6.45) is 1.02. The minimum absolute atomic E-state index is 0.143. The summed E-state index contributed by atoms with van der Waals surface area (Å²) in [5.74, 6) is -0.616. The fourth-order valence-corrected chi connectivity index (χ4v) is 2.44. The third-order valence-corrected chi connectivity index (χ3v) is 3.64. The number of benzene rings is 1. The van der Waals surface area contributed by atoms with Crippen LogP contribution in [0.3, 0.4) is 0 Å². The van der Waals surface area contributed by atoms with E-state index in [1.807, 2.05) is 0 Å². The van der Waals surface area contributed by atoms with Crippen molar-refractivity contribution in [2.24, 2.45) is 5.73 Å². The van der Waals surface area contributed by atoms with Gasteiger partial charge in [0, 0.05) is 11.8 Å². The molecule has 0 bridgehead atoms. The summed E-state index contributed by atoms with van der Waals surface area (Å²) in [5.41, 5.74) is 5.98. The number of halogens is 1. The molecule has 1 rings (SSSR count). The predicted octanol–water partition coefficient (Wildman–Crippen LogP) is 1.30. The first-order chi connectivity index (χ1) is 7.81. The minimum atomic E-state index is -3.54. The van der Waals surface area contributed by atoms with E-state index in [-0.39, 0.29) is 23.1 Å². The topological polar surface area (TPSA) is 69.4 Å². The van der Waals surface area contributed by atoms with E-state index in [4.69, 9.17) is 10.5 Å². The Kier molecular flexibility index (Phi) is 4.11. The van der Waals surface area contributed by atoms with Gasteiger partial charge in [-0.05, 0) is 24.6 Å². The van der Waals surface area contributed by atoms with Crippen molar-refractivity contribution in [1.82, 2.24) is 0 Å². The van der Waals surface area contributed by atoms with E-state index in [2.05, 4.69) is 0 Å². The van der Waals surface area contributed by atoms with Gasteiger partial charge in [0.05, 0.1) is 7.11 Å². The molecule has 0 fully saturated rings. The van der Waals surface area contributed by atoms with Crippen molar-refractivity contribution < 1.29 is 17.5 Å². The number of nitrogens with two attached hydrogens (primary N) is 1. The molecule has 6 heteroatoms. The van der Waals surface area contributed by atoms with E-state index < -0.39 is 15.7 Å². The number of ether oxygens (including phenoxy) is 1. The summed E-state index contributed by atoms with van der Waals surface area (Å²) in [5, 5.41) is 0. The highest BCUT2D eigenvalue weighted by Crippen LogP contribution is 2.33. The van der Waals surface area contributed by atoms with Gasteiger partial charge in [-0.1, -0.05) is 6.92 Å². The van der Waals surface area contributed by atoms with Gasteiger partial charge in [0.2, 0.25) is 0 Å². The second-order valence-electron chi connectivity index (χ2n) is 3.94. The van der Waals surface area contributed by atoms with Crippen molar-refractivity contribution in [2.75, 3.05) is 19.9 Å². The molecule has 0 saturated heterocycles. The summed E-state index contributed by atoms with van der Waals surface area (Å²) in [6.45, 7) is 2.06. The molecular formula is C11H16FNO3S. The fourth-order valence-electron chi connectivity index (χ4n) is 1.58. The summed E-state index contributed by atoms with van der Waals surface area (Å²) >= 11 is 0. The van der Waals surface area contributed by atoms with Crippen molar-refractivity contribution in [3.05, 3.63) is 23.5 Å². The van der Waals surface area contributed by atoms with E-state index in [0.717, 1.165) is 12.3 Å². The largest absolute Gasteiger partial charge is 0.495 e. The first kappa shape index (κ1) is 13.9. The maximum Gasteiger partial charge on any atom is 0.179 e. The molecule has 4 nitrogen and oxygen atoms in total. The van der Waals surface area contributed by atoms with E-state index in [0.29, 0.717) is 5.56 Å². The van der Waals surface area contributed by atoms with Gasteiger partial charge in [-0.25, -0.2) is 12.8 Å². The molecule has 0 heterocycles. The maximum atomic E-state index is 13.4. The van der Waals surface area contributed by atoms with Crippen LogP contribution in [0.5, 0.6) is 5.75 Å². The van der Waals surface area contributed by atoms with Crippen molar-refractivity contribution in [3.63, 3.8) is 0 Å². The normalized spacial score (nSPS) is 13.5. The van der Waals surface area contributed by atoms with Crippen LogP contribution in [-0.2, 0) is 9.84 Å². The molecule has 0 spiro atoms. The maximum absolute atomic E-state index is 13.4. The third kappa shape index (κ3) is 2.95. The Morgan fingerprint density at radius 2 is 2.06 bits per heavy atom. The number of hydrogen-bond acceptors (Lipinski definition) is 4. The van der Waals surface area contributed by atoms with Crippen molar-refractivity contribution in [1.29, 1.82) is 0 Å². The Balaban J connectivity index is 3.57. The lowest BCUT2D eigenvalue weighted by molar-refractivity contribution is 0.392. The van der Waals surface area contributed by atoms with Crippen molar-refractivity contribution in [3.8, 4) is 5.75 Å². The fraction of sp³-hybridized carbons (Fsp3) is 0.455. The van der Waals surface area contributed by atoms with Crippen LogP contribution in [-0.4, -0.2) is 28.3 Å². The molecule has 1 atom stereocenters. The predicted molar refractivity (Wildman–Crippen MR) is 63.5 cm³/mol. The molecule has 0 radical (unpaired) electrons. The van der Waals surface area contributed by atoms with Gasteiger partial charge in [-0.3, -0.25) is 0 Å². The molecule has 0 amide bonds. The lowest BCUT2D eigenvalue weighted by Gasteiger charge is -2.16. The smallest absolute Gasteiger partial charge is 0.179 e. The molecular weight excluding hydrogens is 245 g/mol. The minimum Gasteiger partial charge on any atom is -0.495 e.